The third-order valence-electron chi connectivity index (χ3n) is 7.04. The zero-order valence-corrected chi connectivity index (χ0v) is 27.8. The summed E-state index contributed by atoms with van der Waals surface area (Å²) in [4.78, 5) is 51.2. The molecule has 3 amide bonds. The van der Waals surface area contributed by atoms with Gasteiger partial charge in [-0.15, -0.1) is 0 Å². The number of hydrazine groups is 1. The molecular weight excluding hydrogens is 647 g/mol. The van der Waals surface area contributed by atoms with Crippen molar-refractivity contribution in [3.8, 4) is 16.9 Å². The second-order valence-corrected chi connectivity index (χ2v) is 13.7. The minimum absolute atomic E-state index is 0.293. The summed E-state index contributed by atoms with van der Waals surface area (Å²) in [6.07, 6.45) is 0.344. The number of aliphatic hydroxyl groups excluding tert-OH is 1. The third-order valence-corrected chi connectivity index (χ3v) is 7.36. The normalized spacial score (nSPS) is 17.2. The van der Waals surface area contributed by atoms with Crippen molar-refractivity contribution in [3.63, 3.8) is 0 Å². The lowest BCUT2D eigenvalue weighted by atomic mass is 10.0. The number of alkyl halides is 3. The molecule has 4 N–H and O–H groups in total. The SMILES string of the molecule is CC(C)C(NC(=O)COc1ccc(-c2cccc([C@@H](C)O)c2)cc1)C(=O)N[C@@H](C)C(=O)N1CCC[C@@H](C(=O)OCC(Cl)(Cl)Cl)N1. The van der Waals surface area contributed by atoms with Gasteiger partial charge in [-0.05, 0) is 67.5 Å². The van der Waals surface area contributed by atoms with E-state index in [1.54, 1.807) is 32.9 Å². The van der Waals surface area contributed by atoms with Gasteiger partial charge in [-0.25, -0.2) is 5.43 Å². The number of hydrogen-bond acceptors (Lipinski definition) is 8. The first-order chi connectivity index (χ1) is 21.1. The maximum absolute atomic E-state index is 13.1. The van der Waals surface area contributed by atoms with E-state index in [9.17, 15) is 24.3 Å². The summed E-state index contributed by atoms with van der Waals surface area (Å²) < 4.78 is 8.89. The highest BCUT2D eigenvalue weighted by molar-refractivity contribution is 6.67. The maximum Gasteiger partial charge on any atom is 0.325 e. The van der Waals surface area contributed by atoms with Crippen LogP contribution in [-0.2, 0) is 23.9 Å². The highest BCUT2D eigenvalue weighted by Crippen LogP contribution is 2.27. The van der Waals surface area contributed by atoms with E-state index in [0.717, 1.165) is 16.7 Å². The monoisotopic (exact) mass is 684 g/mol. The molecule has 1 heterocycles. The van der Waals surface area contributed by atoms with Gasteiger partial charge >= 0.3 is 5.97 Å². The van der Waals surface area contributed by atoms with E-state index in [0.29, 0.717) is 25.1 Å². The van der Waals surface area contributed by atoms with Gasteiger partial charge in [-0.1, -0.05) is 79.0 Å². The minimum Gasteiger partial charge on any atom is -0.484 e. The number of ether oxygens (including phenoxy) is 2. The number of rotatable bonds is 12. The fourth-order valence-electron chi connectivity index (χ4n) is 4.59. The number of nitrogens with zero attached hydrogens (tertiary/aromatic N) is 1. The van der Waals surface area contributed by atoms with E-state index in [1.165, 1.54) is 11.9 Å². The first-order valence-electron chi connectivity index (χ1n) is 14.6. The second-order valence-electron chi connectivity index (χ2n) is 11.2. The van der Waals surface area contributed by atoms with Crippen LogP contribution in [0.5, 0.6) is 5.75 Å². The van der Waals surface area contributed by atoms with Gasteiger partial charge in [-0.2, -0.15) is 0 Å². The maximum atomic E-state index is 13.1. The largest absolute Gasteiger partial charge is 0.484 e. The van der Waals surface area contributed by atoms with Crippen molar-refractivity contribution in [2.24, 2.45) is 5.92 Å². The quantitative estimate of drug-likeness (QED) is 0.195. The zero-order valence-electron chi connectivity index (χ0n) is 25.5. The molecule has 1 aliphatic heterocycles. The van der Waals surface area contributed by atoms with Crippen molar-refractivity contribution in [2.45, 2.75) is 68.6 Å². The average Bonchev–Trinajstić information content (AvgIpc) is 3.00. The molecule has 2 aromatic carbocycles. The van der Waals surface area contributed by atoms with Gasteiger partial charge < -0.3 is 25.2 Å². The summed E-state index contributed by atoms with van der Waals surface area (Å²) in [6.45, 7) is 6.30. The Morgan fingerprint density at radius 2 is 1.71 bits per heavy atom. The number of carbonyl (C=O) groups excluding carboxylic acids is 4. The summed E-state index contributed by atoms with van der Waals surface area (Å²) >= 11 is 16.9. The fraction of sp³-hybridized carbons (Fsp3) is 0.484. The molecule has 4 atom stereocenters. The number of amides is 3. The molecule has 11 nitrogen and oxygen atoms in total. The smallest absolute Gasteiger partial charge is 0.325 e. The third kappa shape index (κ3) is 11.3. The van der Waals surface area contributed by atoms with Crippen molar-refractivity contribution < 1.29 is 33.8 Å². The Hall–Kier alpha value is -3.09. The van der Waals surface area contributed by atoms with Crippen molar-refractivity contribution in [3.05, 3.63) is 54.1 Å². The lowest BCUT2D eigenvalue weighted by Crippen LogP contribution is -2.61. The van der Waals surface area contributed by atoms with E-state index in [2.05, 4.69) is 16.1 Å². The molecule has 14 heteroatoms. The standard InChI is InChI=1S/C31H39Cl3N4O7/c1-18(2)27(28(41)35-19(3)29(42)38-14-6-9-25(37-38)30(43)45-17-31(32,33)34)36-26(40)16-44-24-12-10-21(11-13-24)23-8-5-7-22(15-23)20(4)39/h5,7-8,10-13,15,18-20,25,27,37,39H,6,9,14,16-17H2,1-4H3,(H,35,41)(H,36,40)/t19-,20+,25-,27?/m0/s1. The molecular formula is C31H39Cl3N4O7. The van der Waals surface area contributed by atoms with E-state index < -0.39 is 58.3 Å². The molecule has 0 spiro atoms. The lowest BCUT2D eigenvalue weighted by Gasteiger charge is -2.34. The lowest BCUT2D eigenvalue weighted by molar-refractivity contribution is -0.152. The van der Waals surface area contributed by atoms with Gasteiger partial charge in [0.15, 0.2) is 6.61 Å². The molecule has 3 rings (SSSR count). The van der Waals surface area contributed by atoms with E-state index >= 15 is 0 Å². The summed E-state index contributed by atoms with van der Waals surface area (Å²) in [6, 6.07) is 12.0. The zero-order chi connectivity index (χ0) is 33.3. The molecule has 246 valence electrons. The number of nitrogens with one attached hydrogen (secondary N) is 3. The molecule has 1 aliphatic rings. The number of benzene rings is 2. The molecule has 2 aromatic rings. The summed E-state index contributed by atoms with van der Waals surface area (Å²) in [5.74, 6) is -2.02. The Kier molecular flexibility index (Phi) is 13.3. The van der Waals surface area contributed by atoms with Crippen LogP contribution in [0, 0.1) is 5.92 Å². The number of halogens is 3. The molecule has 0 aliphatic carbocycles. The van der Waals surface area contributed by atoms with E-state index in [-0.39, 0.29) is 12.5 Å². The molecule has 1 unspecified atom stereocenters. The number of aliphatic hydroxyl groups is 1. The number of hydrogen-bond donors (Lipinski definition) is 4. The van der Waals surface area contributed by atoms with Crippen LogP contribution in [0.15, 0.2) is 48.5 Å². The van der Waals surface area contributed by atoms with Crippen molar-refractivity contribution in [1.82, 2.24) is 21.1 Å². The van der Waals surface area contributed by atoms with Crippen LogP contribution in [0.1, 0.15) is 52.2 Å². The number of esters is 1. The Morgan fingerprint density at radius 1 is 1.02 bits per heavy atom. The van der Waals surface area contributed by atoms with Crippen LogP contribution < -0.4 is 20.8 Å². The van der Waals surface area contributed by atoms with Crippen molar-refractivity contribution >= 4 is 58.5 Å². The van der Waals surface area contributed by atoms with Crippen molar-refractivity contribution in [1.29, 1.82) is 0 Å². The summed E-state index contributed by atoms with van der Waals surface area (Å²) in [5.41, 5.74) is 5.48. The Bertz CT molecular complexity index is 1340. The van der Waals surface area contributed by atoms with Gasteiger partial charge in [-0.3, -0.25) is 24.2 Å². The highest BCUT2D eigenvalue weighted by Gasteiger charge is 2.34. The summed E-state index contributed by atoms with van der Waals surface area (Å²) in [7, 11) is 0. The van der Waals surface area contributed by atoms with E-state index in [4.69, 9.17) is 44.3 Å². The van der Waals surface area contributed by atoms with Crippen LogP contribution in [0.4, 0.5) is 0 Å². The number of carbonyl (C=O) groups is 4. The molecule has 1 saturated heterocycles. The van der Waals surface area contributed by atoms with Gasteiger partial charge in [0.25, 0.3) is 11.8 Å². The molecule has 45 heavy (non-hydrogen) atoms. The van der Waals surface area contributed by atoms with Gasteiger partial charge in [0.1, 0.15) is 30.5 Å². The van der Waals surface area contributed by atoms with Crippen LogP contribution in [0.3, 0.4) is 0 Å². The molecule has 0 bridgehead atoms. The van der Waals surface area contributed by atoms with E-state index in [1.807, 2.05) is 36.4 Å². The highest BCUT2D eigenvalue weighted by atomic mass is 35.6. The minimum atomic E-state index is -1.76. The Labute approximate surface area is 277 Å². The predicted octanol–water partition coefficient (Wildman–Crippen LogP) is 3.84. The fourth-order valence-corrected chi connectivity index (χ4v) is 4.75. The summed E-state index contributed by atoms with van der Waals surface area (Å²) in [5, 5.41) is 16.4. The van der Waals surface area contributed by atoms with Crippen LogP contribution in [-0.4, -0.2) is 75.5 Å². The molecule has 0 aromatic heterocycles. The van der Waals surface area contributed by atoms with Crippen LogP contribution in [0.25, 0.3) is 11.1 Å². The van der Waals surface area contributed by atoms with Gasteiger partial charge in [0.2, 0.25) is 9.70 Å². The van der Waals surface area contributed by atoms with Gasteiger partial charge in [0, 0.05) is 6.54 Å². The first-order valence-corrected chi connectivity index (χ1v) is 15.7. The molecule has 0 radical (unpaired) electrons. The Balaban J connectivity index is 1.50. The molecule has 1 fully saturated rings. The van der Waals surface area contributed by atoms with Gasteiger partial charge in [0.05, 0.1) is 6.10 Å². The average molecular weight is 686 g/mol. The first kappa shape index (κ1) is 36.4. The molecule has 0 saturated carbocycles. The Morgan fingerprint density at radius 3 is 2.33 bits per heavy atom. The topological polar surface area (TPSA) is 146 Å². The van der Waals surface area contributed by atoms with Crippen LogP contribution in [0.2, 0.25) is 0 Å². The second kappa shape index (κ2) is 16.5. The predicted molar refractivity (Wildman–Crippen MR) is 171 cm³/mol. The van der Waals surface area contributed by atoms with Crippen LogP contribution >= 0.6 is 34.8 Å². The van der Waals surface area contributed by atoms with Crippen molar-refractivity contribution in [2.75, 3.05) is 19.8 Å².